The molecule has 1 aliphatic rings. The lowest BCUT2D eigenvalue weighted by Gasteiger charge is -2.24. The summed E-state index contributed by atoms with van der Waals surface area (Å²) in [5, 5.41) is 7.14. The molecule has 0 bridgehead atoms. The Hall–Kier alpha value is -4.45. The van der Waals surface area contributed by atoms with Crippen LogP contribution in [0.2, 0.25) is 0 Å². The summed E-state index contributed by atoms with van der Waals surface area (Å²) < 4.78 is 22.8. The predicted octanol–water partition coefficient (Wildman–Crippen LogP) is 6.96. The van der Waals surface area contributed by atoms with Gasteiger partial charge in [-0.05, 0) is 60.5 Å². The predicted molar refractivity (Wildman–Crippen MR) is 151 cm³/mol. The number of benzene rings is 4. The van der Waals surface area contributed by atoms with Gasteiger partial charge in [-0.25, -0.2) is 0 Å². The van der Waals surface area contributed by atoms with E-state index in [2.05, 4.69) is 60.5 Å². The molecule has 4 aromatic rings. The molecule has 4 aromatic carbocycles. The standard InChI is InChI=1S/C32H32N2O4/c1-22-10-12-23(13-11-22)21-38-30-17-15-25(19-32(30)37-4)28-20-27(33-34(28)26-8-6-5-7-9-26)24-14-16-29(35-2)31(18-24)36-3/h5-19,28H,20-21H2,1-4H3. The van der Waals surface area contributed by atoms with E-state index in [1.54, 1.807) is 21.3 Å². The molecule has 0 amide bonds. The number of hydrogen-bond acceptors (Lipinski definition) is 6. The molecular formula is C32H32N2O4. The van der Waals surface area contributed by atoms with Gasteiger partial charge in [-0.15, -0.1) is 0 Å². The third kappa shape index (κ3) is 5.30. The minimum atomic E-state index is -0.0134. The average Bonchev–Trinajstić information content (AvgIpc) is 3.42. The van der Waals surface area contributed by atoms with Crippen molar-refractivity contribution in [1.29, 1.82) is 0 Å². The van der Waals surface area contributed by atoms with Crippen molar-refractivity contribution in [2.24, 2.45) is 5.10 Å². The third-order valence-corrected chi connectivity index (χ3v) is 6.74. The molecule has 194 valence electrons. The van der Waals surface area contributed by atoms with E-state index >= 15 is 0 Å². The van der Waals surface area contributed by atoms with E-state index in [1.165, 1.54) is 5.56 Å². The monoisotopic (exact) mass is 508 g/mol. The largest absolute Gasteiger partial charge is 0.493 e. The van der Waals surface area contributed by atoms with Crippen LogP contribution in [0.4, 0.5) is 5.69 Å². The molecule has 0 aromatic heterocycles. The Balaban J connectivity index is 1.44. The van der Waals surface area contributed by atoms with E-state index in [9.17, 15) is 0 Å². The second kappa shape index (κ2) is 11.3. The molecule has 0 saturated carbocycles. The van der Waals surface area contributed by atoms with Gasteiger partial charge in [0.05, 0.1) is 38.8 Å². The van der Waals surface area contributed by atoms with Crippen LogP contribution >= 0.6 is 0 Å². The third-order valence-electron chi connectivity index (χ3n) is 6.74. The smallest absolute Gasteiger partial charge is 0.161 e. The van der Waals surface area contributed by atoms with Gasteiger partial charge in [0, 0.05) is 12.0 Å². The molecule has 38 heavy (non-hydrogen) atoms. The van der Waals surface area contributed by atoms with Gasteiger partial charge in [-0.1, -0.05) is 54.1 Å². The van der Waals surface area contributed by atoms with Crippen molar-refractivity contribution in [3.05, 3.63) is 113 Å². The quantitative estimate of drug-likeness (QED) is 0.245. The molecule has 0 N–H and O–H groups in total. The lowest BCUT2D eigenvalue weighted by molar-refractivity contribution is 0.284. The molecule has 0 fully saturated rings. The molecule has 0 aliphatic carbocycles. The molecule has 6 heteroatoms. The topological polar surface area (TPSA) is 52.5 Å². The van der Waals surface area contributed by atoms with Crippen LogP contribution in [0.3, 0.4) is 0 Å². The number of hydrogen-bond donors (Lipinski definition) is 0. The number of rotatable bonds is 9. The molecule has 0 radical (unpaired) electrons. The zero-order valence-corrected chi connectivity index (χ0v) is 22.2. The van der Waals surface area contributed by atoms with Crippen molar-refractivity contribution in [2.75, 3.05) is 26.3 Å². The molecule has 1 aliphatic heterocycles. The highest BCUT2D eigenvalue weighted by atomic mass is 16.5. The summed E-state index contributed by atoms with van der Waals surface area (Å²) in [5.74, 6) is 2.78. The molecular weight excluding hydrogens is 476 g/mol. The highest BCUT2D eigenvalue weighted by Crippen LogP contribution is 2.40. The van der Waals surface area contributed by atoms with Crippen molar-refractivity contribution >= 4 is 11.4 Å². The fraction of sp³-hybridized carbons (Fsp3) is 0.219. The highest BCUT2D eigenvalue weighted by Gasteiger charge is 2.31. The van der Waals surface area contributed by atoms with Crippen LogP contribution in [0.5, 0.6) is 23.0 Å². The number of methoxy groups -OCH3 is 3. The first-order valence-electron chi connectivity index (χ1n) is 12.6. The van der Waals surface area contributed by atoms with E-state index in [0.29, 0.717) is 29.6 Å². The SMILES string of the molecule is COc1ccc(C2=NN(c3ccccc3)C(c3ccc(OCc4ccc(C)cc4)c(OC)c3)C2)cc1OC. The van der Waals surface area contributed by atoms with Crippen molar-refractivity contribution < 1.29 is 18.9 Å². The molecule has 1 atom stereocenters. The van der Waals surface area contributed by atoms with Gasteiger partial charge in [0.2, 0.25) is 0 Å². The lowest BCUT2D eigenvalue weighted by atomic mass is 9.97. The van der Waals surface area contributed by atoms with Gasteiger partial charge in [-0.2, -0.15) is 5.10 Å². The minimum Gasteiger partial charge on any atom is -0.493 e. The van der Waals surface area contributed by atoms with Crippen LogP contribution < -0.4 is 24.0 Å². The van der Waals surface area contributed by atoms with E-state index in [1.807, 2.05) is 42.5 Å². The first-order chi connectivity index (χ1) is 18.6. The van der Waals surface area contributed by atoms with Gasteiger partial charge in [0.1, 0.15) is 6.61 Å². The summed E-state index contributed by atoms with van der Waals surface area (Å²) >= 11 is 0. The zero-order valence-electron chi connectivity index (χ0n) is 22.2. The van der Waals surface area contributed by atoms with Crippen LogP contribution in [0.25, 0.3) is 0 Å². The van der Waals surface area contributed by atoms with Crippen molar-refractivity contribution in [1.82, 2.24) is 0 Å². The zero-order chi connectivity index (χ0) is 26.5. The minimum absolute atomic E-state index is 0.0134. The normalized spacial score (nSPS) is 14.7. The molecule has 1 heterocycles. The average molecular weight is 509 g/mol. The van der Waals surface area contributed by atoms with E-state index in [4.69, 9.17) is 24.0 Å². The molecule has 0 spiro atoms. The van der Waals surface area contributed by atoms with E-state index < -0.39 is 0 Å². The highest BCUT2D eigenvalue weighted by molar-refractivity contribution is 6.03. The summed E-state index contributed by atoms with van der Waals surface area (Å²) in [6.45, 7) is 2.55. The van der Waals surface area contributed by atoms with E-state index in [-0.39, 0.29) is 6.04 Å². The Bertz CT molecular complexity index is 1420. The molecule has 6 nitrogen and oxygen atoms in total. The number of para-hydroxylation sites is 1. The van der Waals surface area contributed by atoms with Gasteiger partial charge in [0.15, 0.2) is 23.0 Å². The Kier molecular flexibility index (Phi) is 7.50. The second-order valence-electron chi connectivity index (χ2n) is 9.20. The second-order valence-corrected chi connectivity index (χ2v) is 9.20. The molecule has 0 saturated heterocycles. The van der Waals surface area contributed by atoms with Crippen LogP contribution in [0.15, 0.2) is 96.1 Å². The van der Waals surface area contributed by atoms with Gasteiger partial charge < -0.3 is 18.9 Å². The Labute approximate surface area is 224 Å². The maximum atomic E-state index is 6.13. The van der Waals surface area contributed by atoms with E-state index in [0.717, 1.165) is 34.5 Å². The fourth-order valence-corrected chi connectivity index (χ4v) is 4.64. The maximum absolute atomic E-state index is 6.13. The number of hydrazone groups is 1. The number of nitrogens with zero attached hydrogens (tertiary/aromatic N) is 2. The Morgan fingerprint density at radius 3 is 2.13 bits per heavy atom. The summed E-state index contributed by atoms with van der Waals surface area (Å²) in [7, 11) is 4.96. The van der Waals surface area contributed by atoms with Crippen LogP contribution in [-0.2, 0) is 6.61 Å². The number of anilines is 1. The Morgan fingerprint density at radius 1 is 0.737 bits per heavy atom. The fourth-order valence-electron chi connectivity index (χ4n) is 4.64. The van der Waals surface area contributed by atoms with Crippen LogP contribution in [0, 0.1) is 6.92 Å². The Morgan fingerprint density at radius 2 is 1.42 bits per heavy atom. The van der Waals surface area contributed by atoms with Gasteiger partial charge in [-0.3, -0.25) is 5.01 Å². The van der Waals surface area contributed by atoms with Gasteiger partial charge in [0.25, 0.3) is 0 Å². The maximum Gasteiger partial charge on any atom is 0.161 e. The summed E-state index contributed by atoms with van der Waals surface area (Å²) in [4.78, 5) is 0. The number of aryl methyl sites for hydroxylation is 1. The number of ether oxygens (including phenoxy) is 4. The lowest BCUT2D eigenvalue weighted by Crippen LogP contribution is -2.18. The van der Waals surface area contributed by atoms with Crippen molar-refractivity contribution in [3.8, 4) is 23.0 Å². The first kappa shape index (κ1) is 25.2. The summed E-state index contributed by atoms with van der Waals surface area (Å²) in [6.07, 6.45) is 0.719. The molecule has 5 rings (SSSR count). The first-order valence-corrected chi connectivity index (χ1v) is 12.6. The van der Waals surface area contributed by atoms with Crippen LogP contribution in [0.1, 0.15) is 34.7 Å². The molecule has 1 unspecified atom stereocenters. The van der Waals surface area contributed by atoms with Crippen molar-refractivity contribution in [3.63, 3.8) is 0 Å². The van der Waals surface area contributed by atoms with Gasteiger partial charge >= 0.3 is 0 Å². The summed E-state index contributed by atoms with van der Waals surface area (Å²) in [5.41, 5.74) is 6.42. The summed E-state index contributed by atoms with van der Waals surface area (Å²) in [6, 6.07) is 30.6. The van der Waals surface area contributed by atoms with Crippen LogP contribution in [-0.4, -0.2) is 27.0 Å². The van der Waals surface area contributed by atoms with Crippen molar-refractivity contribution in [2.45, 2.75) is 26.0 Å².